The molecule has 0 spiro atoms. The molecule has 2 saturated heterocycles. The minimum Gasteiger partial charge on any atom is -0.444 e. The zero-order chi connectivity index (χ0) is 22.8. The number of anilines is 1. The van der Waals surface area contributed by atoms with E-state index < -0.39 is 5.60 Å². The van der Waals surface area contributed by atoms with Crippen molar-refractivity contribution in [3.63, 3.8) is 0 Å². The van der Waals surface area contributed by atoms with Crippen LogP contribution in [-0.2, 0) is 16.5 Å². The van der Waals surface area contributed by atoms with Crippen molar-refractivity contribution >= 4 is 34.7 Å². The summed E-state index contributed by atoms with van der Waals surface area (Å²) in [7, 11) is 1.90. The summed E-state index contributed by atoms with van der Waals surface area (Å²) in [4.78, 5) is 29.5. The molecule has 0 bridgehead atoms. The Balaban J connectivity index is 0.000000478. The van der Waals surface area contributed by atoms with Crippen LogP contribution in [0.4, 0.5) is 10.6 Å². The van der Waals surface area contributed by atoms with Crippen LogP contribution in [0.3, 0.4) is 0 Å². The van der Waals surface area contributed by atoms with Gasteiger partial charge in [0.2, 0.25) is 5.28 Å². The zero-order valence-corrected chi connectivity index (χ0v) is 20.1. The molecule has 0 aliphatic carbocycles. The number of piperazine rings is 1. The second kappa shape index (κ2) is 9.56. The highest BCUT2D eigenvalue weighted by molar-refractivity contribution is 6.28. The molecule has 1 unspecified atom stereocenters. The van der Waals surface area contributed by atoms with Gasteiger partial charge in [-0.05, 0) is 59.1 Å². The van der Waals surface area contributed by atoms with Crippen molar-refractivity contribution in [3.05, 3.63) is 11.1 Å². The summed E-state index contributed by atoms with van der Waals surface area (Å²) in [5.41, 5.74) is 0.932. The number of hydrogen-bond donors (Lipinski definition) is 0. The minimum absolute atomic E-state index is 0.0488. The summed E-state index contributed by atoms with van der Waals surface area (Å²) >= 11 is 6.15. The topological polar surface area (TPSA) is 85.6 Å². The van der Waals surface area contributed by atoms with E-state index in [1.54, 1.807) is 4.90 Å². The molecule has 2 aliphatic heterocycles. The molecule has 4 rings (SSSR count). The van der Waals surface area contributed by atoms with Gasteiger partial charge in [0.25, 0.3) is 0 Å². The van der Waals surface area contributed by atoms with E-state index in [1.165, 1.54) is 12.8 Å². The third kappa shape index (κ3) is 5.77. The highest BCUT2D eigenvalue weighted by atomic mass is 35.5. The largest absolute Gasteiger partial charge is 0.444 e. The fourth-order valence-corrected chi connectivity index (χ4v) is 3.76. The smallest absolute Gasteiger partial charge is 0.410 e. The highest BCUT2D eigenvalue weighted by Gasteiger charge is 2.32. The molecular formula is C21H33ClN6O3. The number of carbonyl (C=O) groups is 1. The van der Waals surface area contributed by atoms with Gasteiger partial charge in [-0.1, -0.05) is 0 Å². The van der Waals surface area contributed by atoms with E-state index in [9.17, 15) is 4.79 Å². The minimum atomic E-state index is -0.505. The van der Waals surface area contributed by atoms with Crippen LogP contribution in [0, 0.1) is 6.92 Å². The molecule has 2 aromatic rings. The maximum Gasteiger partial charge on any atom is 0.410 e. The van der Waals surface area contributed by atoms with Crippen molar-refractivity contribution in [3.8, 4) is 0 Å². The summed E-state index contributed by atoms with van der Waals surface area (Å²) in [5.74, 6) is 1.55. The Morgan fingerprint density at radius 3 is 2.39 bits per heavy atom. The van der Waals surface area contributed by atoms with Crippen LogP contribution < -0.4 is 4.90 Å². The van der Waals surface area contributed by atoms with Gasteiger partial charge in [-0.2, -0.15) is 9.97 Å². The van der Waals surface area contributed by atoms with Gasteiger partial charge in [-0.3, -0.25) is 0 Å². The van der Waals surface area contributed by atoms with Gasteiger partial charge in [0.1, 0.15) is 11.4 Å². The number of halogens is 1. The number of fused-ring (bicyclic) bond motifs is 1. The fourth-order valence-electron chi connectivity index (χ4n) is 3.60. The van der Waals surface area contributed by atoms with Crippen molar-refractivity contribution in [2.24, 2.45) is 7.05 Å². The number of rotatable bonds is 1. The average molecular weight is 453 g/mol. The van der Waals surface area contributed by atoms with Crippen LogP contribution >= 0.6 is 11.6 Å². The number of carbonyl (C=O) groups excluding carboxylic acids is 1. The van der Waals surface area contributed by atoms with Crippen LogP contribution in [-0.4, -0.2) is 75.0 Å². The van der Waals surface area contributed by atoms with Crippen LogP contribution in [0.2, 0.25) is 5.28 Å². The van der Waals surface area contributed by atoms with Crippen LogP contribution in [0.15, 0.2) is 0 Å². The van der Waals surface area contributed by atoms with Crippen LogP contribution in [0.5, 0.6) is 0 Å². The Morgan fingerprint density at radius 2 is 1.84 bits per heavy atom. The molecule has 9 nitrogen and oxygen atoms in total. The maximum absolute atomic E-state index is 12.3. The first kappa shape index (κ1) is 23.5. The lowest BCUT2D eigenvalue weighted by atomic mass is 10.2. The van der Waals surface area contributed by atoms with Gasteiger partial charge in [-0.25, -0.2) is 9.78 Å². The molecular weight excluding hydrogens is 420 g/mol. The van der Waals surface area contributed by atoms with E-state index in [2.05, 4.69) is 19.9 Å². The number of nitrogens with zero attached hydrogens (tertiary/aromatic N) is 6. The Hall–Kier alpha value is -2.13. The van der Waals surface area contributed by atoms with Gasteiger partial charge >= 0.3 is 6.09 Å². The second-order valence-corrected chi connectivity index (χ2v) is 9.33. The molecule has 1 amide bonds. The van der Waals surface area contributed by atoms with Crippen molar-refractivity contribution < 1.29 is 14.3 Å². The maximum atomic E-state index is 12.3. The fraction of sp³-hybridized carbons (Fsp3) is 0.714. The first-order valence-corrected chi connectivity index (χ1v) is 11.1. The Labute approximate surface area is 188 Å². The SMILES string of the molecule is C1CCOC1.Cc1nc2c(N3CCN(C(=O)OC(C)(C)C)CC3C)nc(Cl)nc2n1C. The molecule has 2 aliphatic rings. The number of amides is 1. The first-order valence-electron chi connectivity index (χ1n) is 10.8. The number of hydrogen-bond acceptors (Lipinski definition) is 7. The van der Waals surface area contributed by atoms with Gasteiger partial charge in [0.15, 0.2) is 17.0 Å². The lowest BCUT2D eigenvalue weighted by molar-refractivity contribution is 0.0218. The van der Waals surface area contributed by atoms with E-state index in [1.807, 2.05) is 46.2 Å². The summed E-state index contributed by atoms with van der Waals surface area (Å²) in [6, 6.07) is 0.0488. The summed E-state index contributed by atoms with van der Waals surface area (Å²) in [5, 5.41) is 0.192. The molecule has 0 aromatic carbocycles. The summed E-state index contributed by atoms with van der Waals surface area (Å²) < 4.78 is 12.3. The quantitative estimate of drug-likeness (QED) is 0.611. The van der Waals surface area contributed by atoms with Gasteiger partial charge in [0.05, 0.1) is 0 Å². The molecule has 1 atom stereocenters. The molecule has 0 radical (unpaired) electrons. The van der Waals surface area contributed by atoms with E-state index in [4.69, 9.17) is 21.1 Å². The van der Waals surface area contributed by atoms with Crippen LogP contribution in [0.25, 0.3) is 11.2 Å². The van der Waals surface area contributed by atoms with E-state index in [0.717, 1.165) is 24.6 Å². The standard InChI is InChI=1S/C17H25ClN6O2.C4H8O/c1-10-9-23(16(25)26-17(3,4)5)7-8-24(10)14-12-13(20-15(18)21-14)22(6)11(2)19-12;1-2-4-5-3-1/h10H,7-9H2,1-6H3;1-4H2. The molecule has 10 heteroatoms. The lowest BCUT2D eigenvalue weighted by Gasteiger charge is -2.40. The number of aromatic nitrogens is 4. The Bertz CT molecular complexity index is 914. The average Bonchev–Trinajstić information content (AvgIpc) is 3.34. The molecule has 0 saturated carbocycles. The van der Waals surface area contributed by atoms with Gasteiger partial charge < -0.3 is 23.8 Å². The number of ether oxygens (including phenoxy) is 2. The van der Waals surface area contributed by atoms with Crippen molar-refractivity contribution in [2.45, 2.75) is 59.1 Å². The van der Waals surface area contributed by atoms with Crippen molar-refractivity contribution in [1.29, 1.82) is 0 Å². The van der Waals surface area contributed by atoms with Crippen LogP contribution in [0.1, 0.15) is 46.4 Å². The lowest BCUT2D eigenvalue weighted by Crippen LogP contribution is -2.55. The van der Waals surface area contributed by atoms with Crippen molar-refractivity contribution in [1.82, 2.24) is 24.4 Å². The third-order valence-corrected chi connectivity index (χ3v) is 5.44. The molecule has 2 fully saturated rings. The van der Waals surface area contributed by atoms with E-state index in [0.29, 0.717) is 31.1 Å². The molecule has 0 N–H and O–H groups in total. The van der Waals surface area contributed by atoms with Gasteiger partial charge in [0, 0.05) is 45.9 Å². The molecule has 31 heavy (non-hydrogen) atoms. The first-order chi connectivity index (χ1) is 14.6. The Kier molecular flexibility index (Phi) is 7.26. The number of aryl methyl sites for hydroxylation is 2. The van der Waals surface area contributed by atoms with E-state index in [-0.39, 0.29) is 17.4 Å². The molecule has 172 valence electrons. The molecule has 4 heterocycles. The van der Waals surface area contributed by atoms with Crippen molar-refractivity contribution in [2.75, 3.05) is 37.7 Å². The predicted octanol–water partition coefficient (Wildman–Crippen LogP) is 3.57. The monoisotopic (exact) mass is 452 g/mol. The normalized spacial score (nSPS) is 19.4. The predicted molar refractivity (Wildman–Crippen MR) is 121 cm³/mol. The third-order valence-electron chi connectivity index (χ3n) is 5.28. The summed E-state index contributed by atoms with van der Waals surface area (Å²) in [6.07, 6.45) is 2.27. The molecule has 2 aromatic heterocycles. The van der Waals surface area contributed by atoms with Gasteiger partial charge in [-0.15, -0.1) is 0 Å². The second-order valence-electron chi connectivity index (χ2n) is 8.99. The Morgan fingerprint density at radius 1 is 1.16 bits per heavy atom. The zero-order valence-electron chi connectivity index (χ0n) is 19.3. The number of imidazole rings is 1. The van der Waals surface area contributed by atoms with E-state index >= 15 is 0 Å². The highest BCUT2D eigenvalue weighted by Crippen LogP contribution is 2.28. The summed E-state index contributed by atoms with van der Waals surface area (Å²) in [6.45, 7) is 13.3.